The van der Waals surface area contributed by atoms with Gasteiger partial charge in [-0.1, -0.05) is 30.3 Å². The fourth-order valence-corrected chi connectivity index (χ4v) is 5.05. The Morgan fingerprint density at radius 2 is 1.86 bits per heavy atom. The summed E-state index contributed by atoms with van der Waals surface area (Å²) >= 11 is 0. The van der Waals surface area contributed by atoms with Crippen LogP contribution in [0, 0.1) is 32.1 Å². The van der Waals surface area contributed by atoms with Crippen molar-refractivity contribution in [3.63, 3.8) is 0 Å². The van der Waals surface area contributed by atoms with Crippen molar-refractivity contribution in [2.24, 2.45) is 5.84 Å². The second-order valence-electron chi connectivity index (χ2n) is 9.72. The van der Waals surface area contributed by atoms with Crippen LogP contribution in [0.1, 0.15) is 68.6 Å². The summed E-state index contributed by atoms with van der Waals surface area (Å²) in [4.78, 5) is 15.2. The summed E-state index contributed by atoms with van der Waals surface area (Å²) in [5.74, 6) is 6.04. The van der Waals surface area contributed by atoms with E-state index in [-0.39, 0.29) is 11.8 Å². The van der Waals surface area contributed by atoms with Gasteiger partial charge in [-0.15, -0.1) is 0 Å². The Hall–Kier alpha value is -3.82. The van der Waals surface area contributed by atoms with E-state index in [1.54, 1.807) is 5.01 Å². The average molecular weight is 482 g/mol. The summed E-state index contributed by atoms with van der Waals surface area (Å²) < 4.78 is 0. The van der Waals surface area contributed by atoms with Gasteiger partial charge in [0.05, 0.1) is 17.4 Å². The van der Waals surface area contributed by atoms with Crippen molar-refractivity contribution in [1.82, 2.24) is 4.90 Å². The molecule has 4 rings (SSSR count). The molecule has 0 aromatic heterocycles. The van der Waals surface area contributed by atoms with E-state index in [1.165, 1.54) is 11.1 Å². The van der Waals surface area contributed by atoms with Gasteiger partial charge in [-0.05, 0) is 91.3 Å². The first-order valence-corrected chi connectivity index (χ1v) is 12.5. The zero-order valence-corrected chi connectivity index (χ0v) is 21.6. The van der Waals surface area contributed by atoms with Crippen molar-refractivity contribution in [2.75, 3.05) is 23.8 Å². The van der Waals surface area contributed by atoms with E-state index in [4.69, 9.17) is 11.6 Å². The van der Waals surface area contributed by atoms with Gasteiger partial charge >= 0.3 is 0 Å². The van der Waals surface area contributed by atoms with Gasteiger partial charge < -0.3 is 15.6 Å². The minimum Gasteiger partial charge on any atom is -0.397 e. The smallest absolute Gasteiger partial charge is 0.254 e. The largest absolute Gasteiger partial charge is 0.397 e. The number of nitrogens with zero attached hydrogens (tertiary/aromatic N) is 3. The number of carbonyl (C=O) groups is 1. The number of rotatable bonds is 6. The lowest BCUT2D eigenvalue weighted by Crippen LogP contribution is -2.36. The third-order valence-electron chi connectivity index (χ3n) is 7.54. The number of hydrazine groups is 1. The van der Waals surface area contributed by atoms with E-state index in [9.17, 15) is 10.1 Å². The zero-order valence-electron chi connectivity index (χ0n) is 21.6. The molecule has 1 aliphatic heterocycles. The summed E-state index contributed by atoms with van der Waals surface area (Å²) in [6, 6.07) is 18.7. The number of nitrogens with two attached hydrogens (primary N) is 2. The predicted molar refractivity (Wildman–Crippen MR) is 146 cm³/mol. The average Bonchev–Trinajstić information content (AvgIpc) is 2.89. The molecule has 0 radical (unpaired) electrons. The molecule has 1 unspecified atom stereocenters. The van der Waals surface area contributed by atoms with Crippen molar-refractivity contribution in [3.05, 3.63) is 93.0 Å². The van der Waals surface area contributed by atoms with E-state index < -0.39 is 0 Å². The molecule has 0 fully saturated rings. The molecule has 3 aromatic rings. The number of aryl methyl sites for hydroxylation is 2. The number of hydrogen-bond donors (Lipinski definition) is 2. The second-order valence-corrected chi connectivity index (χ2v) is 9.72. The van der Waals surface area contributed by atoms with Crippen LogP contribution in [0.2, 0.25) is 0 Å². The Kier molecular flexibility index (Phi) is 7.32. The molecule has 6 heteroatoms. The molecule has 1 atom stereocenters. The monoisotopic (exact) mass is 481 g/mol. The first-order chi connectivity index (χ1) is 17.2. The van der Waals surface area contributed by atoms with Crippen molar-refractivity contribution < 1.29 is 4.79 Å². The maximum absolute atomic E-state index is 13.3. The highest BCUT2D eigenvalue weighted by Crippen LogP contribution is 2.37. The van der Waals surface area contributed by atoms with Crippen molar-refractivity contribution in [2.45, 2.75) is 53.0 Å². The highest BCUT2D eigenvalue weighted by Gasteiger charge is 2.25. The first-order valence-electron chi connectivity index (χ1n) is 12.5. The highest BCUT2D eigenvalue weighted by molar-refractivity contribution is 5.94. The molecule has 1 heterocycles. The van der Waals surface area contributed by atoms with Crippen LogP contribution in [0.4, 0.5) is 11.4 Å². The van der Waals surface area contributed by atoms with Gasteiger partial charge in [-0.25, -0.2) is 5.84 Å². The zero-order chi connectivity index (χ0) is 26.0. The summed E-state index contributed by atoms with van der Waals surface area (Å²) in [7, 11) is 0. The molecule has 6 nitrogen and oxygen atoms in total. The number of nitrogen functional groups attached to an aromatic ring is 1. The Morgan fingerprint density at radius 1 is 1.08 bits per heavy atom. The third kappa shape index (κ3) is 4.80. The van der Waals surface area contributed by atoms with Gasteiger partial charge in [0.15, 0.2) is 0 Å². The lowest BCUT2D eigenvalue weighted by molar-refractivity contribution is 0.0734. The molecule has 3 aromatic carbocycles. The maximum atomic E-state index is 13.3. The molecule has 4 N–H and O–H groups in total. The third-order valence-corrected chi connectivity index (χ3v) is 7.54. The Bertz CT molecular complexity index is 1340. The molecular weight excluding hydrogens is 446 g/mol. The number of benzene rings is 3. The van der Waals surface area contributed by atoms with Crippen molar-refractivity contribution in [1.29, 1.82) is 5.26 Å². The van der Waals surface area contributed by atoms with E-state index in [1.807, 2.05) is 56.0 Å². The molecule has 0 aliphatic carbocycles. The van der Waals surface area contributed by atoms with Gasteiger partial charge in [0.1, 0.15) is 0 Å². The van der Waals surface area contributed by atoms with Gasteiger partial charge in [0.2, 0.25) is 0 Å². The number of hydrogen-bond acceptors (Lipinski definition) is 5. The standard InChI is InChI=1S/C30H35N5O/c1-5-35(33)28-11-10-26(21(4)29(28)32)27(12-14-31)23-9-8-22-13-15-34(18-25(22)17-23)30(36)24-7-6-19(2)20(3)16-24/h6-11,16-17,27H,5,12-13,15,18,32-33H2,1-4H3. The van der Waals surface area contributed by atoms with Crippen molar-refractivity contribution in [3.8, 4) is 6.07 Å². The molecule has 186 valence electrons. The van der Waals surface area contributed by atoms with Crippen LogP contribution in [0.15, 0.2) is 48.5 Å². The lowest BCUT2D eigenvalue weighted by Gasteiger charge is -2.30. The fraction of sp³-hybridized carbons (Fsp3) is 0.333. The van der Waals surface area contributed by atoms with Crippen LogP contribution < -0.4 is 16.6 Å². The highest BCUT2D eigenvalue weighted by atomic mass is 16.2. The normalized spacial score (nSPS) is 13.6. The number of anilines is 2. The molecular formula is C30H35N5O. The van der Waals surface area contributed by atoms with E-state index in [2.05, 4.69) is 31.2 Å². The summed E-state index contributed by atoms with van der Waals surface area (Å²) in [6.45, 7) is 9.96. The molecule has 1 aliphatic rings. The number of carbonyl (C=O) groups excluding carboxylic acids is 1. The first kappa shape index (κ1) is 25.3. The second kappa shape index (κ2) is 10.4. The number of amides is 1. The van der Waals surface area contributed by atoms with Crippen molar-refractivity contribution >= 4 is 17.3 Å². The minimum absolute atomic E-state index is 0.0594. The Balaban J connectivity index is 1.65. The summed E-state index contributed by atoms with van der Waals surface area (Å²) in [6.07, 6.45) is 1.16. The van der Waals surface area contributed by atoms with Crippen LogP contribution >= 0.6 is 0 Å². The predicted octanol–water partition coefficient (Wildman–Crippen LogP) is 5.14. The van der Waals surface area contributed by atoms with Gasteiger partial charge in [0, 0.05) is 37.5 Å². The van der Waals surface area contributed by atoms with E-state index >= 15 is 0 Å². The number of fused-ring (bicyclic) bond motifs is 1. The molecule has 0 bridgehead atoms. The van der Waals surface area contributed by atoms with Crippen LogP contribution in [-0.2, 0) is 13.0 Å². The van der Waals surface area contributed by atoms with E-state index in [0.717, 1.165) is 45.5 Å². The Labute approximate surface area is 214 Å². The van der Waals surface area contributed by atoms with Crippen LogP contribution in [0.3, 0.4) is 0 Å². The topological polar surface area (TPSA) is 99.4 Å². The van der Waals surface area contributed by atoms with Crippen LogP contribution in [0.25, 0.3) is 0 Å². The fourth-order valence-electron chi connectivity index (χ4n) is 5.05. The lowest BCUT2D eigenvalue weighted by atomic mass is 9.83. The van der Waals surface area contributed by atoms with Gasteiger partial charge in [0.25, 0.3) is 5.91 Å². The maximum Gasteiger partial charge on any atom is 0.254 e. The molecule has 0 spiro atoms. The number of nitriles is 1. The quantitative estimate of drug-likeness (QED) is 0.289. The molecule has 1 amide bonds. The minimum atomic E-state index is -0.115. The molecule has 0 saturated heterocycles. The summed E-state index contributed by atoms with van der Waals surface area (Å²) in [5, 5.41) is 11.3. The van der Waals surface area contributed by atoms with E-state index in [0.29, 0.717) is 31.7 Å². The summed E-state index contributed by atoms with van der Waals surface area (Å²) in [5.41, 5.74) is 16.4. The van der Waals surface area contributed by atoms with Crippen LogP contribution in [0.5, 0.6) is 0 Å². The molecule has 0 saturated carbocycles. The van der Waals surface area contributed by atoms with Gasteiger partial charge in [-0.3, -0.25) is 4.79 Å². The SMILES string of the molecule is CCN(N)c1ccc(C(CC#N)c2ccc3c(c2)CN(C(=O)c2ccc(C)c(C)c2)CC3)c(C)c1N. The molecule has 36 heavy (non-hydrogen) atoms. The Morgan fingerprint density at radius 3 is 2.56 bits per heavy atom. The van der Waals surface area contributed by atoms with Crippen LogP contribution in [-0.4, -0.2) is 23.9 Å². The van der Waals surface area contributed by atoms with Gasteiger partial charge in [-0.2, -0.15) is 5.26 Å².